The zero-order valence-corrected chi connectivity index (χ0v) is 21.6. The summed E-state index contributed by atoms with van der Waals surface area (Å²) in [4.78, 5) is 27.1. The first kappa shape index (κ1) is 24.9. The highest BCUT2D eigenvalue weighted by molar-refractivity contribution is 9.10. The number of amides is 2. The van der Waals surface area contributed by atoms with Crippen LogP contribution in [0.15, 0.2) is 76.6 Å². The zero-order chi connectivity index (χ0) is 24.8. The molecule has 4 rings (SSSR count). The number of hydrogen-bond donors (Lipinski definition) is 0. The molecule has 0 atom stereocenters. The summed E-state index contributed by atoms with van der Waals surface area (Å²) in [5.74, 6) is 1.47. The monoisotopic (exact) mass is 553 g/mol. The average molecular weight is 554 g/mol. The van der Waals surface area contributed by atoms with Gasteiger partial charge in [0.1, 0.15) is 19.0 Å². The number of ether oxygens (including phenoxy) is 3. The van der Waals surface area contributed by atoms with Gasteiger partial charge in [0, 0.05) is 5.39 Å². The number of benzene rings is 3. The molecule has 180 valence electrons. The Morgan fingerprint density at radius 2 is 1.83 bits per heavy atom. The van der Waals surface area contributed by atoms with E-state index in [1.54, 1.807) is 18.2 Å². The summed E-state index contributed by atoms with van der Waals surface area (Å²) in [6.07, 6.45) is 3.33. The first-order valence-electron chi connectivity index (χ1n) is 11.1. The van der Waals surface area contributed by atoms with E-state index in [2.05, 4.69) is 22.5 Å². The molecule has 0 aromatic heterocycles. The highest BCUT2D eigenvalue weighted by Gasteiger charge is 2.35. The molecule has 8 heteroatoms. The molecule has 1 saturated heterocycles. The summed E-state index contributed by atoms with van der Waals surface area (Å²) in [7, 11) is 0. The van der Waals surface area contributed by atoms with Gasteiger partial charge in [0.25, 0.3) is 11.1 Å². The standard InChI is InChI=1S/C27H24BrNO5S/c1-3-13-34-25-21(28)15-18(16-23(25)32-4-2)17-24-26(30)29(27(31)35-24)12-14-33-22-11-7-9-19-8-5-6-10-20(19)22/h3,5-11,15-17H,1,4,12-14H2,2H3/b24-17-. The Morgan fingerprint density at radius 3 is 2.63 bits per heavy atom. The third-order valence-corrected chi connectivity index (χ3v) is 6.67. The Kier molecular flexibility index (Phi) is 8.15. The molecule has 0 bridgehead atoms. The second kappa shape index (κ2) is 11.5. The van der Waals surface area contributed by atoms with E-state index in [-0.39, 0.29) is 24.3 Å². The number of imide groups is 1. The van der Waals surface area contributed by atoms with Crippen molar-refractivity contribution in [2.45, 2.75) is 6.92 Å². The number of carbonyl (C=O) groups is 2. The number of rotatable bonds is 10. The number of nitrogens with zero attached hydrogens (tertiary/aromatic N) is 1. The predicted octanol–water partition coefficient (Wildman–Crippen LogP) is 6.68. The molecule has 0 spiro atoms. The Labute approximate surface area is 216 Å². The molecular formula is C27H24BrNO5S. The number of hydrogen-bond acceptors (Lipinski definition) is 6. The number of thioether (sulfide) groups is 1. The maximum absolute atomic E-state index is 13.0. The molecule has 2 amide bonds. The van der Waals surface area contributed by atoms with Gasteiger partial charge in [-0.2, -0.15) is 0 Å². The fourth-order valence-corrected chi connectivity index (χ4v) is 5.07. The number of fused-ring (bicyclic) bond motifs is 1. The third-order valence-electron chi connectivity index (χ3n) is 5.17. The topological polar surface area (TPSA) is 65.1 Å². The summed E-state index contributed by atoms with van der Waals surface area (Å²) >= 11 is 4.42. The van der Waals surface area contributed by atoms with E-state index in [0.717, 1.165) is 28.3 Å². The van der Waals surface area contributed by atoms with Gasteiger partial charge in [-0.3, -0.25) is 14.5 Å². The van der Waals surface area contributed by atoms with Gasteiger partial charge in [-0.15, -0.1) is 0 Å². The molecule has 0 radical (unpaired) electrons. The maximum atomic E-state index is 13.0. The highest BCUT2D eigenvalue weighted by atomic mass is 79.9. The van der Waals surface area contributed by atoms with E-state index in [9.17, 15) is 9.59 Å². The van der Waals surface area contributed by atoms with Crippen molar-refractivity contribution in [2.24, 2.45) is 0 Å². The molecule has 3 aromatic rings. The van der Waals surface area contributed by atoms with Crippen LogP contribution < -0.4 is 14.2 Å². The molecule has 0 aliphatic carbocycles. The summed E-state index contributed by atoms with van der Waals surface area (Å²) in [6, 6.07) is 17.3. The maximum Gasteiger partial charge on any atom is 0.293 e. The Bertz CT molecular complexity index is 1300. The number of carbonyl (C=O) groups excluding carboxylic acids is 2. The van der Waals surface area contributed by atoms with Crippen molar-refractivity contribution in [1.29, 1.82) is 0 Å². The van der Waals surface area contributed by atoms with Gasteiger partial charge in [0.2, 0.25) is 0 Å². The minimum absolute atomic E-state index is 0.160. The van der Waals surface area contributed by atoms with Gasteiger partial charge in [-0.25, -0.2) is 0 Å². The van der Waals surface area contributed by atoms with Crippen LogP contribution in [0.3, 0.4) is 0 Å². The van der Waals surface area contributed by atoms with Gasteiger partial charge in [0.15, 0.2) is 11.5 Å². The average Bonchev–Trinajstić information content (AvgIpc) is 3.11. The van der Waals surface area contributed by atoms with Crippen LogP contribution in [0, 0.1) is 0 Å². The van der Waals surface area contributed by atoms with E-state index in [1.807, 2.05) is 55.5 Å². The fourth-order valence-electron chi connectivity index (χ4n) is 3.63. The Hall–Kier alpha value is -3.23. The first-order chi connectivity index (χ1) is 17.0. The van der Waals surface area contributed by atoms with E-state index < -0.39 is 0 Å². The van der Waals surface area contributed by atoms with Gasteiger partial charge >= 0.3 is 0 Å². The molecule has 1 heterocycles. The van der Waals surface area contributed by atoms with Crippen LogP contribution in [0.1, 0.15) is 12.5 Å². The van der Waals surface area contributed by atoms with Gasteiger partial charge in [-0.1, -0.05) is 49.1 Å². The lowest BCUT2D eigenvalue weighted by molar-refractivity contribution is -0.123. The van der Waals surface area contributed by atoms with E-state index in [1.165, 1.54) is 4.90 Å². The summed E-state index contributed by atoms with van der Waals surface area (Å²) in [5, 5.41) is 1.73. The lowest BCUT2D eigenvalue weighted by atomic mass is 10.1. The molecule has 0 unspecified atom stereocenters. The van der Waals surface area contributed by atoms with Gasteiger partial charge in [0.05, 0.1) is 22.5 Å². The fraction of sp³-hybridized carbons (Fsp3) is 0.185. The van der Waals surface area contributed by atoms with Crippen molar-refractivity contribution in [1.82, 2.24) is 4.90 Å². The second-order valence-corrected chi connectivity index (χ2v) is 9.37. The lowest BCUT2D eigenvalue weighted by Crippen LogP contribution is -2.32. The summed E-state index contributed by atoms with van der Waals surface area (Å²) < 4.78 is 18.0. The number of halogens is 1. The summed E-state index contributed by atoms with van der Waals surface area (Å²) in [5.41, 5.74) is 0.712. The van der Waals surface area contributed by atoms with Crippen LogP contribution in [-0.2, 0) is 4.79 Å². The third kappa shape index (κ3) is 5.71. The van der Waals surface area contributed by atoms with Crippen molar-refractivity contribution >= 4 is 55.7 Å². The Balaban J connectivity index is 1.47. The quantitative estimate of drug-likeness (QED) is 0.206. The van der Waals surface area contributed by atoms with E-state index in [0.29, 0.717) is 39.7 Å². The van der Waals surface area contributed by atoms with Crippen LogP contribution in [0.2, 0.25) is 0 Å². The molecule has 6 nitrogen and oxygen atoms in total. The van der Waals surface area contributed by atoms with Crippen molar-refractivity contribution < 1.29 is 23.8 Å². The van der Waals surface area contributed by atoms with E-state index >= 15 is 0 Å². The van der Waals surface area contributed by atoms with Gasteiger partial charge in [-0.05, 0) is 69.8 Å². The minimum Gasteiger partial charge on any atom is -0.491 e. The molecule has 0 saturated carbocycles. The predicted molar refractivity (Wildman–Crippen MR) is 143 cm³/mol. The van der Waals surface area contributed by atoms with Gasteiger partial charge < -0.3 is 14.2 Å². The Morgan fingerprint density at radius 1 is 1.03 bits per heavy atom. The second-order valence-electron chi connectivity index (χ2n) is 7.52. The normalized spacial score (nSPS) is 14.6. The van der Waals surface area contributed by atoms with Crippen LogP contribution in [-0.4, -0.2) is 42.4 Å². The summed E-state index contributed by atoms with van der Waals surface area (Å²) in [6.45, 7) is 6.69. The molecule has 3 aromatic carbocycles. The first-order valence-corrected chi connectivity index (χ1v) is 12.7. The molecule has 1 fully saturated rings. The van der Waals surface area contributed by atoms with Crippen molar-refractivity contribution in [3.63, 3.8) is 0 Å². The molecule has 1 aliphatic heterocycles. The van der Waals surface area contributed by atoms with Crippen molar-refractivity contribution in [3.05, 3.63) is 82.2 Å². The zero-order valence-electron chi connectivity index (χ0n) is 19.2. The van der Waals surface area contributed by atoms with Crippen LogP contribution in [0.4, 0.5) is 4.79 Å². The SMILES string of the molecule is C=CCOc1c(Br)cc(/C=C2\SC(=O)N(CCOc3cccc4ccccc34)C2=O)cc1OCC. The smallest absolute Gasteiger partial charge is 0.293 e. The van der Waals surface area contributed by atoms with Crippen LogP contribution >= 0.6 is 27.7 Å². The van der Waals surface area contributed by atoms with E-state index in [4.69, 9.17) is 14.2 Å². The van der Waals surface area contributed by atoms with Crippen molar-refractivity contribution in [2.75, 3.05) is 26.4 Å². The van der Waals surface area contributed by atoms with Crippen LogP contribution in [0.25, 0.3) is 16.8 Å². The lowest BCUT2D eigenvalue weighted by Gasteiger charge is -2.14. The minimum atomic E-state index is -0.345. The highest BCUT2D eigenvalue weighted by Crippen LogP contribution is 2.39. The van der Waals surface area contributed by atoms with Crippen LogP contribution in [0.5, 0.6) is 17.2 Å². The molecule has 35 heavy (non-hydrogen) atoms. The molecule has 1 aliphatic rings. The van der Waals surface area contributed by atoms with Crippen molar-refractivity contribution in [3.8, 4) is 17.2 Å². The largest absolute Gasteiger partial charge is 0.491 e. The molecule has 0 N–H and O–H groups in total. The molecular weight excluding hydrogens is 530 g/mol.